The van der Waals surface area contributed by atoms with Crippen LogP contribution in [0.1, 0.15) is 10.4 Å². The van der Waals surface area contributed by atoms with E-state index in [9.17, 15) is 14.9 Å². The fraction of sp³-hybridized carbons (Fsp3) is 0.300. The van der Waals surface area contributed by atoms with Crippen LogP contribution in [0.5, 0.6) is 0 Å². The van der Waals surface area contributed by atoms with Crippen LogP contribution in [0.3, 0.4) is 0 Å². The predicted octanol–water partition coefficient (Wildman–Crippen LogP) is 4.49. The van der Waals surface area contributed by atoms with Crippen molar-refractivity contribution >= 4 is 73.9 Å². The lowest BCUT2D eigenvalue weighted by Gasteiger charge is -2.34. The Morgan fingerprint density at radius 1 is 1.16 bits per heavy atom. The van der Waals surface area contributed by atoms with Crippen molar-refractivity contribution in [3.05, 3.63) is 62.1 Å². The summed E-state index contributed by atoms with van der Waals surface area (Å²) < 4.78 is 1.08. The first-order valence-electron chi connectivity index (χ1n) is 9.66. The maximum absolute atomic E-state index is 12.4. The standard InChI is InChI=1S/C20H19Cl2N5O3S.ClH/c21-13-1-4-17-18(11-13)31-20(24-17)26-9-7-25(8-10-26)6-5-23-19(28)15-12-14(27(29)30)2-3-16(15)22;/h1-4,11-12H,5-10H2,(H,23,28);1H. The third-order valence-electron chi connectivity index (χ3n) is 5.10. The van der Waals surface area contributed by atoms with E-state index in [0.717, 1.165) is 41.5 Å². The summed E-state index contributed by atoms with van der Waals surface area (Å²) in [6.45, 7) is 4.50. The number of aromatic nitrogens is 1. The van der Waals surface area contributed by atoms with Crippen LogP contribution in [0.15, 0.2) is 36.4 Å². The number of fused-ring (bicyclic) bond motifs is 1. The van der Waals surface area contributed by atoms with E-state index in [1.807, 2.05) is 18.2 Å². The van der Waals surface area contributed by atoms with E-state index in [1.165, 1.54) is 18.2 Å². The van der Waals surface area contributed by atoms with Gasteiger partial charge in [-0.3, -0.25) is 19.8 Å². The van der Waals surface area contributed by atoms with E-state index in [4.69, 9.17) is 28.2 Å². The molecule has 3 aromatic rings. The van der Waals surface area contributed by atoms with E-state index < -0.39 is 10.8 Å². The van der Waals surface area contributed by atoms with Gasteiger partial charge in [0.05, 0.1) is 25.7 Å². The topological polar surface area (TPSA) is 91.6 Å². The normalized spacial score (nSPS) is 14.2. The van der Waals surface area contributed by atoms with Gasteiger partial charge in [0.2, 0.25) is 0 Å². The highest BCUT2D eigenvalue weighted by Crippen LogP contribution is 2.31. The molecule has 1 aliphatic heterocycles. The molecule has 1 aromatic heterocycles. The Hall–Kier alpha value is -2.17. The number of carbonyl (C=O) groups is 1. The van der Waals surface area contributed by atoms with Crippen LogP contribution in [0.25, 0.3) is 10.2 Å². The summed E-state index contributed by atoms with van der Waals surface area (Å²) in [5.41, 5.74) is 0.897. The number of piperazine rings is 1. The zero-order valence-corrected chi connectivity index (χ0v) is 19.9. The SMILES string of the molecule is Cl.O=C(NCCN1CCN(c2nc3ccc(Cl)cc3s2)CC1)c1cc([N+](=O)[O-])ccc1Cl. The first-order chi connectivity index (χ1) is 14.9. The molecule has 0 spiro atoms. The minimum Gasteiger partial charge on any atom is -0.351 e. The molecule has 4 rings (SSSR count). The molecule has 0 aliphatic carbocycles. The van der Waals surface area contributed by atoms with Gasteiger partial charge < -0.3 is 10.2 Å². The molecule has 170 valence electrons. The second-order valence-corrected chi connectivity index (χ2v) is 8.97. The number of carbonyl (C=O) groups excluding carboxylic acids is 1. The van der Waals surface area contributed by atoms with E-state index in [2.05, 4.69) is 15.1 Å². The van der Waals surface area contributed by atoms with Gasteiger partial charge in [0, 0.05) is 56.4 Å². The number of nitrogens with zero attached hydrogens (tertiary/aromatic N) is 4. The first-order valence-corrected chi connectivity index (χ1v) is 11.2. The number of thiazole rings is 1. The number of nitrogens with one attached hydrogen (secondary N) is 1. The van der Waals surface area contributed by atoms with Crippen LogP contribution in [-0.4, -0.2) is 60.0 Å². The number of hydrogen-bond donors (Lipinski definition) is 1. The molecular weight excluding hydrogens is 497 g/mol. The number of amides is 1. The van der Waals surface area contributed by atoms with Crippen LogP contribution < -0.4 is 10.2 Å². The zero-order valence-electron chi connectivity index (χ0n) is 16.8. The largest absolute Gasteiger partial charge is 0.351 e. The number of nitro groups is 1. The van der Waals surface area contributed by atoms with Gasteiger partial charge in [0.15, 0.2) is 5.13 Å². The summed E-state index contributed by atoms with van der Waals surface area (Å²) in [5.74, 6) is -0.416. The summed E-state index contributed by atoms with van der Waals surface area (Å²) in [7, 11) is 0. The van der Waals surface area contributed by atoms with Crippen molar-refractivity contribution in [2.45, 2.75) is 0 Å². The number of anilines is 1. The maximum atomic E-state index is 12.4. The number of benzene rings is 2. The third-order valence-corrected chi connectivity index (χ3v) is 6.74. The second-order valence-electron chi connectivity index (χ2n) is 7.11. The van der Waals surface area contributed by atoms with Crippen molar-refractivity contribution in [1.29, 1.82) is 0 Å². The van der Waals surface area contributed by atoms with Gasteiger partial charge >= 0.3 is 0 Å². The van der Waals surface area contributed by atoms with Crippen molar-refractivity contribution < 1.29 is 9.72 Å². The molecule has 0 atom stereocenters. The maximum Gasteiger partial charge on any atom is 0.270 e. The average Bonchev–Trinajstić information content (AvgIpc) is 3.17. The molecule has 0 bridgehead atoms. The molecule has 1 saturated heterocycles. The van der Waals surface area contributed by atoms with E-state index in [0.29, 0.717) is 18.1 Å². The van der Waals surface area contributed by atoms with Gasteiger partial charge in [0.25, 0.3) is 11.6 Å². The lowest BCUT2D eigenvalue weighted by atomic mass is 10.2. The van der Waals surface area contributed by atoms with Gasteiger partial charge in [-0.25, -0.2) is 4.98 Å². The van der Waals surface area contributed by atoms with Gasteiger partial charge in [-0.2, -0.15) is 0 Å². The molecule has 32 heavy (non-hydrogen) atoms. The number of rotatable bonds is 6. The Kier molecular flexibility index (Phi) is 8.13. The Labute approximate surface area is 204 Å². The van der Waals surface area contributed by atoms with E-state index >= 15 is 0 Å². The van der Waals surface area contributed by atoms with E-state index in [1.54, 1.807) is 11.3 Å². The van der Waals surface area contributed by atoms with Crippen LogP contribution in [0.4, 0.5) is 10.8 Å². The molecule has 8 nitrogen and oxygen atoms in total. The predicted molar refractivity (Wildman–Crippen MR) is 131 cm³/mol. The molecule has 12 heteroatoms. The van der Waals surface area contributed by atoms with Crippen LogP contribution >= 0.6 is 46.9 Å². The highest BCUT2D eigenvalue weighted by Gasteiger charge is 2.20. The fourth-order valence-corrected chi connectivity index (χ4v) is 4.90. The smallest absolute Gasteiger partial charge is 0.270 e. The number of nitro benzene ring substituents is 1. The molecule has 1 aliphatic rings. The highest BCUT2D eigenvalue weighted by atomic mass is 35.5. The molecule has 1 fully saturated rings. The van der Waals surface area contributed by atoms with Gasteiger partial charge in [-0.05, 0) is 24.3 Å². The summed E-state index contributed by atoms with van der Waals surface area (Å²) in [6, 6.07) is 9.55. The molecule has 2 aromatic carbocycles. The quantitative estimate of drug-likeness (QED) is 0.383. The van der Waals surface area contributed by atoms with Crippen LogP contribution in [-0.2, 0) is 0 Å². The summed E-state index contributed by atoms with van der Waals surface area (Å²) in [6.07, 6.45) is 0. The molecule has 0 radical (unpaired) electrons. The van der Waals surface area contributed by atoms with Gasteiger partial charge in [-0.15, -0.1) is 12.4 Å². The number of hydrogen-bond acceptors (Lipinski definition) is 7. The Morgan fingerprint density at radius 2 is 1.91 bits per heavy atom. The minimum atomic E-state index is -0.549. The Morgan fingerprint density at radius 3 is 2.62 bits per heavy atom. The summed E-state index contributed by atoms with van der Waals surface area (Å²) in [4.78, 5) is 32.0. The van der Waals surface area contributed by atoms with Crippen LogP contribution in [0, 0.1) is 10.1 Å². The highest BCUT2D eigenvalue weighted by molar-refractivity contribution is 7.22. The van der Waals surface area contributed by atoms with Crippen molar-refractivity contribution in [1.82, 2.24) is 15.2 Å². The Bertz CT molecular complexity index is 1130. The van der Waals surface area contributed by atoms with Crippen molar-refractivity contribution in [3.63, 3.8) is 0 Å². The monoisotopic (exact) mass is 515 g/mol. The summed E-state index contributed by atoms with van der Waals surface area (Å²) in [5, 5.41) is 15.6. The van der Waals surface area contributed by atoms with Crippen molar-refractivity contribution in [2.75, 3.05) is 44.2 Å². The third kappa shape index (κ3) is 5.60. The fourth-order valence-electron chi connectivity index (χ4n) is 3.41. The minimum absolute atomic E-state index is 0. The first kappa shape index (κ1) is 24.5. The summed E-state index contributed by atoms with van der Waals surface area (Å²) >= 11 is 13.7. The van der Waals surface area contributed by atoms with Gasteiger partial charge in [-0.1, -0.05) is 34.5 Å². The van der Waals surface area contributed by atoms with Crippen LogP contribution in [0.2, 0.25) is 10.0 Å². The van der Waals surface area contributed by atoms with E-state index in [-0.39, 0.29) is 28.7 Å². The van der Waals surface area contributed by atoms with Crippen molar-refractivity contribution in [3.8, 4) is 0 Å². The van der Waals surface area contributed by atoms with Gasteiger partial charge in [0.1, 0.15) is 0 Å². The molecule has 2 heterocycles. The molecular formula is C20H20Cl3N5O3S. The second kappa shape index (κ2) is 10.6. The molecule has 0 saturated carbocycles. The average molecular weight is 517 g/mol. The van der Waals surface area contributed by atoms with Crippen molar-refractivity contribution in [2.24, 2.45) is 0 Å². The Balaban J connectivity index is 0.00000289. The molecule has 1 amide bonds. The molecule has 0 unspecified atom stereocenters. The number of halogens is 3. The number of non-ortho nitro benzene ring substituents is 1. The zero-order chi connectivity index (χ0) is 22.0. The lowest BCUT2D eigenvalue weighted by Crippen LogP contribution is -2.48. The molecule has 1 N–H and O–H groups in total. The lowest BCUT2D eigenvalue weighted by molar-refractivity contribution is -0.384.